The van der Waals surface area contributed by atoms with E-state index in [1.807, 2.05) is 39.0 Å². The maximum absolute atomic E-state index is 13.6. The minimum Gasteiger partial charge on any atom is -0.496 e. The molecule has 2 aromatic rings. The summed E-state index contributed by atoms with van der Waals surface area (Å²) in [6.07, 6.45) is -0.128. The molecule has 1 aliphatic heterocycles. The van der Waals surface area contributed by atoms with Crippen LogP contribution in [-0.4, -0.2) is 59.0 Å². The molecule has 1 fully saturated rings. The van der Waals surface area contributed by atoms with E-state index in [2.05, 4.69) is 31.1 Å². The smallest absolute Gasteiger partial charge is 0.411 e. The third-order valence-corrected chi connectivity index (χ3v) is 7.46. The lowest BCUT2D eigenvalue weighted by Gasteiger charge is -2.35. The van der Waals surface area contributed by atoms with Gasteiger partial charge in [-0.1, -0.05) is 53.7 Å². The first-order valence-electron chi connectivity index (χ1n) is 14.0. The summed E-state index contributed by atoms with van der Waals surface area (Å²) in [6.45, 7) is 12.3. The van der Waals surface area contributed by atoms with Crippen molar-refractivity contribution in [1.29, 1.82) is 0 Å². The maximum atomic E-state index is 13.6. The van der Waals surface area contributed by atoms with E-state index in [4.69, 9.17) is 14.2 Å². The number of amides is 1. The standard InChI is InChI=1S/C31H43F2N3O6/c1-17(2)41-29(39)36-24(20-11-10-14-34-26(20)42-28(32)33)23(22(31(6,7)8)25(36)27(37)38)35-16-18-15-19(30(3,4)5)12-13-21(18)40-9/h10-15,17,22-25,28,35H,16H2,1-9H3,(H,37,38)/t22-,23-,24-,25-/m0/s1. The molecular weight excluding hydrogens is 548 g/mol. The summed E-state index contributed by atoms with van der Waals surface area (Å²) in [5, 5.41) is 14.0. The van der Waals surface area contributed by atoms with Crippen LogP contribution in [-0.2, 0) is 21.5 Å². The van der Waals surface area contributed by atoms with Crippen LogP contribution < -0.4 is 14.8 Å². The molecule has 0 bridgehead atoms. The van der Waals surface area contributed by atoms with Crippen molar-refractivity contribution in [2.45, 2.75) is 98.2 Å². The SMILES string of the molecule is COc1ccc(C(C)(C)C)cc1CN[C@H]1[C@H](C(C)(C)C)[C@@H](C(=O)O)N(C(=O)OC(C)C)[C@H]1c1cccnc1OC(F)F. The van der Waals surface area contributed by atoms with Gasteiger partial charge in [0.2, 0.25) is 5.88 Å². The van der Waals surface area contributed by atoms with Gasteiger partial charge in [0, 0.05) is 35.8 Å². The molecule has 4 atom stereocenters. The number of benzene rings is 1. The van der Waals surface area contributed by atoms with E-state index in [0.29, 0.717) is 5.75 Å². The van der Waals surface area contributed by atoms with Gasteiger partial charge in [-0.15, -0.1) is 0 Å². The highest BCUT2D eigenvalue weighted by Gasteiger charge is 2.59. The number of carboxylic acids is 1. The molecule has 2 heterocycles. The first kappa shape index (κ1) is 33.0. The normalized spacial score (nSPS) is 21.1. The van der Waals surface area contributed by atoms with Gasteiger partial charge in [0.15, 0.2) is 0 Å². The van der Waals surface area contributed by atoms with E-state index in [9.17, 15) is 23.5 Å². The molecule has 1 aromatic heterocycles. The van der Waals surface area contributed by atoms with Crippen LogP contribution in [0.5, 0.6) is 11.6 Å². The summed E-state index contributed by atoms with van der Waals surface area (Å²) >= 11 is 0. The molecule has 232 valence electrons. The number of methoxy groups -OCH3 is 1. The number of rotatable bonds is 9. The molecular formula is C31H43F2N3O6. The summed E-state index contributed by atoms with van der Waals surface area (Å²) in [4.78, 5) is 31.7. The van der Waals surface area contributed by atoms with Gasteiger partial charge < -0.3 is 24.6 Å². The van der Waals surface area contributed by atoms with E-state index in [-0.39, 0.29) is 17.5 Å². The summed E-state index contributed by atoms with van der Waals surface area (Å²) < 4.78 is 42.9. The Bertz CT molecular complexity index is 1260. The summed E-state index contributed by atoms with van der Waals surface area (Å²) in [5.41, 5.74) is 1.23. The largest absolute Gasteiger partial charge is 0.496 e. The molecule has 0 aliphatic carbocycles. The van der Waals surface area contributed by atoms with Gasteiger partial charge in [-0.05, 0) is 48.4 Å². The zero-order chi connectivity index (χ0) is 31.6. The number of hydrogen-bond donors (Lipinski definition) is 2. The summed E-state index contributed by atoms with van der Waals surface area (Å²) in [7, 11) is 1.57. The molecule has 42 heavy (non-hydrogen) atoms. The lowest BCUT2D eigenvalue weighted by molar-refractivity contribution is -0.145. The van der Waals surface area contributed by atoms with E-state index >= 15 is 0 Å². The van der Waals surface area contributed by atoms with Gasteiger partial charge in [0.05, 0.1) is 19.3 Å². The van der Waals surface area contributed by atoms with Gasteiger partial charge in [0.1, 0.15) is 11.8 Å². The Labute approximate surface area is 246 Å². The van der Waals surface area contributed by atoms with Gasteiger partial charge in [-0.2, -0.15) is 8.78 Å². The fourth-order valence-corrected chi connectivity index (χ4v) is 5.69. The highest BCUT2D eigenvalue weighted by Crippen LogP contribution is 2.50. The molecule has 1 aromatic carbocycles. The number of likely N-dealkylation sites (tertiary alicyclic amines) is 1. The molecule has 11 heteroatoms. The topological polar surface area (TPSA) is 110 Å². The predicted molar refractivity (Wildman–Crippen MR) is 154 cm³/mol. The third-order valence-electron chi connectivity index (χ3n) is 7.46. The molecule has 1 amide bonds. The number of nitrogens with one attached hydrogen (secondary N) is 1. The molecule has 0 radical (unpaired) electrons. The van der Waals surface area contributed by atoms with Crippen molar-refractivity contribution in [2.24, 2.45) is 11.3 Å². The van der Waals surface area contributed by atoms with Gasteiger partial charge in [0.25, 0.3) is 0 Å². The Hall–Kier alpha value is -3.47. The summed E-state index contributed by atoms with van der Waals surface area (Å²) in [5.74, 6) is -1.68. The van der Waals surface area contributed by atoms with Crippen molar-refractivity contribution in [2.75, 3.05) is 7.11 Å². The fourth-order valence-electron chi connectivity index (χ4n) is 5.69. The van der Waals surface area contributed by atoms with E-state index in [1.165, 1.54) is 18.3 Å². The lowest BCUT2D eigenvalue weighted by atomic mass is 9.72. The third kappa shape index (κ3) is 7.29. The molecule has 0 saturated carbocycles. The fraction of sp³-hybridized carbons (Fsp3) is 0.581. The maximum Gasteiger partial charge on any atom is 0.411 e. The number of carbonyl (C=O) groups is 2. The number of aromatic nitrogens is 1. The van der Waals surface area contributed by atoms with Gasteiger partial charge >= 0.3 is 18.7 Å². The first-order chi connectivity index (χ1) is 19.5. The Balaban J connectivity index is 2.24. The molecule has 1 aliphatic rings. The number of halogens is 2. The number of hydrogen-bond acceptors (Lipinski definition) is 7. The predicted octanol–water partition coefficient (Wildman–Crippen LogP) is 6.16. The van der Waals surface area contributed by atoms with Crippen LogP contribution in [0.4, 0.5) is 13.6 Å². The highest BCUT2D eigenvalue weighted by atomic mass is 19.3. The quantitative estimate of drug-likeness (QED) is 0.357. The zero-order valence-corrected chi connectivity index (χ0v) is 25.8. The lowest BCUT2D eigenvalue weighted by Crippen LogP contribution is -2.48. The van der Waals surface area contributed by atoms with Crippen LogP contribution in [0, 0.1) is 11.3 Å². The van der Waals surface area contributed by atoms with Crippen LogP contribution >= 0.6 is 0 Å². The average Bonchev–Trinajstić information content (AvgIpc) is 3.22. The molecule has 3 rings (SSSR count). The molecule has 0 unspecified atom stereocenters. The Morgan fingerprint density at radius 3 is 2.31 bits per heavy atom. The van der Waals surface area contributed by atoms with Crippen molar-refractivity contribution in [3.8, 4) is 11.6 Å². The van der Waals surface area contributed by atoms with Crippen LogP contribution in [0.25, 0.3) is 0 Å². The van der Waals surface area contributed by atoms with E-state index < -0.39 is 60.1 Å². The van der Waals surface area contributed by atoms with E-state index in [0.717, 1.165) is 16.0 Å². The average molecular weight is 592 g/mol. The number of nitrogens with zero attached hydrogens (tertiary/aromatic N) is 2. The van der Waals surface area contributed by atoms with Crippen molar-refractivity contribution in [3.05, 3.63) is 53.2 Å². The number of aliphatic carboxylic acids is 1. The first-order valence-corrected chi connectivity index (χ1v) is 14.0. The van der Waals surface area contributed by atoms with Crippen LogP contribution in [0.15, 0.2) is 36.5 Å². The molecule has 9 nitrogen and oxygen atoms in total. The second kappa shape index (κ2) is 12.8. The highest BCUT2D eigenvalue weighted by molar-refractivity contribution is 5.82. The number of carboxylic acid groups (broad SMARTS) is 1. The monoisotopic (exact) mass is 591 g/mol. The number of pyridine rings is 1. The number of carbonyl (C=O) groups excluding carboxylic acids is 1. The van der Waals surface area contributed by atoms with Crippen LogP contribution in [0.1, 0.15) is 78.1 Å². The van der Waals surface area contributed by atoms with Crippen LogP contribution in [0.3, 0.4) is 0 Å². The Morgan fingerprint density at radius 1 is 1.12 bits per heavy atom. The van der Waals surface area contributed by atoms with Crippen LogP contribution in [0.2, 0.25) is 0 Å². The second-order valence-corrected chi connectivity index (χ2v) is 12.9. The van der Waals surface area contributed by atoms with Crippen molar-refractivity contribution in [3.63, 3.8) is 0 Å². The Morgan fingerprint density at radius 2 is 1.79 bits per heavy atom. The zero-order valence-electron chi connectivity index (χ0n) is 25.8. The molecule has 1 saturated heterocycles. The second-order valence-electron chi connectivity index (χ2n) is 12.9. The number of ether oxygens (including phenoxy) is 3. The van der Waals surface area contributed by atoms with E-state index in [1.54, 1.807) is 21.0 Å². The van der Waals surface area contributed by atoms with Gasteiger partial charge in [-0.3, -0.25) is 4.90 Å². The number of alkyl halides is 2. The van der Waals surface area contributed by atoms with Crippen molar-refractivity contribution >= 4 is 12.1 Å². The minimum absolute atomic E-state index is 0.143. The van der Waals surface area contributed by atoms with Crippen molar-refractivity contribution in [1.82, 2.24) is 15.2 Å². The summed E-state index contributed by atoms with van der Waals surface area (Å²) in [6, 6.07) is 5.80. The van der Waals surface area contributed by atoms with Crippen molar-refractivity contribution < 1.29 is 37.7 Å². The Kier molecular flexibility index (Phi) is 10.1. The molecule has 0 spiro atoms. The molecule has 2 N–H and O–H groups in total. The van der Waals surface area contributed by atoms with Gasteiger partial charge in [-0.25, -0.2) is 14.6 Å². The minimum atomic E-state index is -3.18.